The second-order valence-electron chi connectivity index (χ2n) is 9.14. The first kappa shape index (κ1) is 31.0. The molecule has 0 aliphatic carbocycles. The third-order valence-corrected chi connectivity index (χ3v) is 6.07. The van der Waals surface area contributed by atoms with Gasteiger partial charge in [0, 0.05) is 43.3 Å². The molecule has 2 aromatic carbocycles. The predicted molar refractivity (Wildman–Crippen MR) is 153 cm³/mol. The van der Waals surface area contributed by atoms with Gasteiger partial charge in [-0.2, -0.15) is 0 Å². The number of nitrogens with one attached hydrogen (secondary N) is 3. The summed E-state index contributed by atoms with van der Waals surface area (Å²) in [5.74, 6) is -2.11. The van der Waals surface area contributed by atoms with Gasteiger partial charge in [-0.1, -0.05) is 13.8 Å². The summed E-state index contributed by atoms with van der Waals surface area (Å²) in [6, 6.07) is 11.6. The van der Waals surface area contributed by atoms with E-state index in [2.05, 4.69) is 39.7 Å². The first-order chi connectivity index (χ1) is 19.7. The molecular formula is C29H34F2N6O4. The van der Waals surface area contributed by atoms with E-state index in [4.69, 9.17) is 4.74 Å². The molecule has 0 unspecified atom stereocenters. The Kier molecular flexibility index (Phi) is 11.5. The van der Waals surface area contributed by atoms with Crippen LogP contribution in [0.1, 0.15) is 26.7 Å². The monoisotopic (exact) mass is 568 g/mol. The maximum absolute atomic E-state index is 14.7. The van der Waals surface area contributed by atoms with Gasteiger partial charge in [0.2, 0.25) is 11.8 Å². The van der Waals surface area contributed by atoms with E-state index in [9.17, 15) is 23.2 Å². The van der Waals surface area contributed by atoms with Crippen molar-refractivity contribution in [2.24, 2.45) is 0 Å². The largest absolute Gasteiger partial charge is 0.454 e. The number of rotatable bonds is 13. The zero-order valence-electron chi connectivity index (χ0n) is 23.2. The van der Waals surface area contributed by atoms with E-state index >= 15 is 0 Å². The van der Waals surface area contributed by atoms with Crippen molar-refractivity contribution in [1.82, 2.24) is 14.8 Å². The summed E-state index contributed by atoms with van der Waals surface area (Å²) < 4.78 is 33.3. The first-order valence-corrected chi connectivity index (χ1v) is 13.2. The standard InChI is InChI=1S/C29H34F2N6O4/c1-4-37(5-2)16-6-15-36(3)29(40)35-26-18-23(13-14-32-26)41-25-12-11-22(17-24(25)31)34-28(39)19-27(38)33-21-9-7-20(30)8-10-21/h7-14,17-18H,4-6,15-16,19H2,1-3H3,(H,33,38)(H,34,39)(H,32,35,40). The molecular weight excluding hydrogens is 534 g/mol. The maximum Gasteiger partial charge on any atom is 0.322 e. The van der Waals surface area contributed by atoms with Crippen molar-refractivity contribution < 1.29 is 27.9 Å². The Bertz CT molecular complexity index is 1340. The van der Waals surface area contributed by atoms with Gasteiger partial charge in [0.05, 0.1) is 0 Å². The molecule has 218 valence electrons. The number of anilines is 3. The number of urea groups is 1. The minimum absolute atomic E-state index is 0.117. The van der Waals surface area contributed by atoms with Gasteiger partial charge in [0.25, 0.3) is 0 Å². The molecule has 0 spiro atoms. The van der Waals surface area contributed by atoms with Crippen LogP contribution in [0.4, 0.5) is 30.8 Å². The normalized spacial score (nSPS) is 10.7. The number of hydrogen-bond donors (Lipinski definition) is 3. The lowest BCUT2D eigenvalue weighted by atomic mass is 10.2. The van der Waals surface area contributed by atoms with Crippen molar-refractivity contribution in [2.45, 2.75) is 26.7 Å². The highest BCUT2D eigenvalue weighted by molar-refractivity contribution is 6.08. The van der Waals surface area contributed by atoms with E-state index in [0.717, 1.165) is 32.1 Å². The highest BCUT2D eigenvalue weighted by Gasteiger charge is 2.14. The van der Waals surface area contributed by atoms with Crippen LogP contribution in [0, 0.1) is 11.6 Å². The molecule has 0 aliphatic heterocycles. The maximum atomic E-state index is 14.7. The molecule has 0 atom stereocenters. The molecule has 1 heterocycles. The highest BCUT2D eigenvalue weighted by Crippen LogP contribution is 2.28. The minimum Gasteiger partial charge on any atom is -0.454 e. The summed E-state index contributed by atoms with van der Waals surface area (Å²) in [6.07, 6.45) is 1.74. The summed E-state index contributed by atoms with van der Waals surface area (Å²) in [7, 11) is 1.70. The number of hydrogen-bond acceptors (Lipinski definition) is 6. The Morgan fingerprint density at radius 3 is 2.17 bits per heavy atom. The number of pyridine rings is 1. The van der Waals surface area contributed by atoms with Crippen molar-refractivity contribution in [3.8, 4) is 11.5 Å². The molecule has 12 heteroatoms. The lowest BCUT2D eigenvalue weighted by Gasteiger charge is -2.21. The molecule has 0 saturated heterocycles. The predicted octanol–water partition coefficient (Wildman–Crippen LogP) is 5.32. The highest BCUT2D eigenvalue weighted by atomic mass is 19.1. The lowest BCUT2D eigenvalue weighted by molar-refractivity contribution is -0.123. The van der Waals surface area contributed by atoms with Crippen LogP contribution in [0.15, 0.2) is 60.8 Å². The Hall–Kier alpha value is -4.58. The van der Waals surface area contributed by atoms with Crippen LogP contribution in [0.3, 0.4) is 0 Å². The molecule has 0 fully saturated rings. The third-order valence-electron chi connectivity index (χ3n) is 6.07. The molecule has 0 radical (unpaired) electrons. The number of benzene rings is 2. The Morgan fingerprint density at radius 1 is 0.854 bits per heavy atom. The molecule has 10 nitrogen and oxygen atoms in total. The van der Waals surface area contributed by atoms with Crippen molar-refractivity contribution >= 4 is 35.0 Å². The summed E-state index contributed by atoms with van der Waals surface area (Å²) in [4.78, 5) is 44.8. The number of amides is 4. The van der Waals surface area contributed by atoms with Crippen molar-refractivity contribution in [1.29, 1.82) is 0 Å². The van der Waals surface area contributed by atoms with Crippen LogP contribution in [0.2, 0.25) is 0 Å². The molecule has 3 N–H and O–H groups in total. The van der Waals surface area contributed by atoms with Gasteiger partial charge < -0.3 is 25.2 Å². The topological polar surface area (TPSA) is 116 Å². The van der Waals surface area contributed by atoms with Crippen LogP contribution in [0.25, 0.3) is 0 Å². The van der Waals surface area contributed by atoms with Gasteiger partial charge in [0.15, 0.2) is 11.6 Å². The van der Waals surface area contributed by atoms with E-state index in [1.165, 1.54) is 54.7 Å². The van der Waals surface area contributed by atoms with Crippen LogP contribution < -0.4 is 20.7 Å². The van der Waals surface area contributed by atoms with Crippen LogP contribution in [-0.2, 0) is 9.59 Å². The summed E-state index contributed by atoms with van der Waals surface area (Å²) in [6.45, 7) is 7.58. The van der Waals surface area contributed by atoms with Gasteiger partial charge in [-0.15, -0.1) is 0 Å². The van der Waals surface area contributed by atoms with Crippen molar-refractivity contribution in [2.75, 3.05) is 49.2 Å². The van der Waals surface area contributed by atoms with Crippen molar-refractivity contribution in [3.63, 3.8) is 0 Å². The Balaban J connectivity index is 1.51. The number of ether oxygens (including phenoxy) is 1. The van der Waals surface area contributed by atoms with E-state index in [0.29, 0.717) is 12.2 Å². The molecule has 0 aliphatic rings. The second kappa shape index (κ2) is 15.3. The van der Waals surface area contributed by atoms with Crippen molar-refractivity contribution in [3.05, 3.63) is 72.4 Å². The fourth-order valence-corrected chi connectivity index (χ4v) is 3.80. The van der Waals surface area contributed by atoms with Gasteiger partial charge in [-0.25, -0.2) is 18.6 Å². The van der Waals surface area contributed by atoms with Gasteiger partial charge in [-0.05, 0) is 68.5 Å². The zero-order valence-corrected chi connectivity index (χ0v) is 23.2. The average Bonchev–Trinajstić information content (AvgIpc) is 2.94. The molecule has 1 aromatic heterocycles. The van der Waals surface area contributed by atoms with Crippen LogP contribution in [0.5, 0.6) is 11.5 Å². The average molecular weight is 569 g/mol. The Morgan fingerprint density at radius 2 is 1.51 bits per heavy atom. The number of halogens is 2. The number of aromatic nitrogens is 1. The smallest absolute Gasteiger partial charge is 0.322 e. The zero-order chi connectivity index (χ0) is 29.8. The van der Waals surface area contributed by atoms with Gasteiger partial charge >= 0.3 is 6.03 Å². The van der Waals surface area contributed by atoms with Gasteiger partial charge in [0.1, 0.15) is 23.8 Å². The third kappa shape index (κ3) is 10.2. The van der Waals surface area contributed by atoms with E-state index in [1.807, 2.05) is 0 Å². The van der Waals surface area contributed by atoms with E-state index < -0.39 is 29.9 Å². The molecule has 41 heavy (non-hydrogen) atoms. The first-order valence-electron chi connectivity index (χ1n) is 13.2. The summed E-state index contributed by atoms with van der Waals surface area (Å²) >= 11 is 0. The SMILES string of the molecule is CCN(CC)CCCN(C)C(=O)Nc1cc(Oc2ccc(NC(=O)CC(=O)Nc3ccc(F)cc3)cc2F)ccn1. The summed E-state index contributed by atoms with van der Waals surface area (Å²) in [5, 5.41) is 7.63. The fourth-order valence-electron chi connectivity index (χ4n) is 3.80. The molecule has 0 saturated carbocycles. The molecule has 4 amide bonds. The molecule has 3 aromatic rings. The summed E-state index contributed by atoms with van der Waals surface area (Å²) in [5.41, 5.74) is 0.467. The van der Waals surface area contributed by atoms with Crippen LogP contribution >= 0.6 is 0 Å². The van der Waals surface area contributed by atoms with Gasteiger partial charge in [-0.3, -0.25) is 14.9 Å². The number of carbonyl (C=O) groups excluding carboxylic acids is 3. The van der Waals surface area contributed by atoms with Crippen LogP contribution in [-0.4, -0.2) is 65.9 Å². The van der Waals surface area contributed by atoms with E-state index in [-0.39, 0.29) is 29.0 Å². The fraction of sp³-hybridized carbons (Fsp3) is 0.310. The second-order valence-corrected chi connectivity index (χ2v) is 9.14. The number of carbonyl (C=O) groups is 3. The molecule has 3 rings (SSSR count). The quantitative estimate of drug-likeness (QED) is 0.241. The number of nitrogens with zero attached hydrogens (tertiary/aromatic N) is 3. The minimum atomic E-state index is -0.756. The van der Waals surface area contributed by atoms with E-state index in [1.54, 1.807) is 11.9 Å². The molecule has 0 bridgehead atoms. The lowest BCUT2D eigenvalue weighted by Crippen LogP contribution is -2.34. The Labute approximate surface area is 237 Å².